The molecule has 0 aliphatic heterocycles. The molecular weight excluding hydrogens is 479 g/mol. The number of aryl methyl sites for hydroxylation is 1. The average molecular weight is 497 g/mol. The highest BCUT2D eigenvalue weighted by molar-refractivity contribution is 6.39. The van der Waals surface area contributed by atoms with E-state index in [1.807, 2.05) is 0 Å². The highest BCUT2D eigenvalue weighted by Gasteiger charge is 2.20. The van der Waals surface area contributed by atoms with Crippen LogP contribution in [0.2, 0.25) is 10.0 Å². The molecule has 0 aliphatic rings. The Morgan fingerprint density at radius 3 is 2.32 bits per heavy atom. The highest BCUT2D eigenvalue weighted by Crippen LogP contribution is 2.37. The molecule has 0 radical (unpaired) electrons. The maximum Gasteiger partial charge on any atom is 0.335 e. The van der Waals surface area contributed by atoms with Crippen LogP contribution in [0.4, 0.5) is 5.69 Å². The molecule has 0 atom stereocenters. The fourth-order valence-corrected chi connectivity index (χ4v) is 3.84. The average Bonchev–Trinajstić information content (AvgIpc) is 3.18. The zero-order valence-electron chi connectivity index (χ0n) is 17.8. The normalized spacial score (nSPS) is 10.7. The number of nitrogens with zero attached hydrogens (tertiary/aromatic N) is 1. The molecule has 3 aromatic carbocycles. The van der Waals surface area contributed by atoms with Crippen molar-refractivity contribution in [1.82, 2.24) is 5.16 Å². The van der Waals surface area contributed by atoms with Crippen LogP contribution >= 0.6 is 23.2 Å². The van der Waals surface area contributed by atoms with Crippen molar-refractivity contribution in [3.63, 3.8) is 0 Å². The van der Waals surface area contributed by atoms with Gasteiger partial charge >= 0.3 is 5.97 Å². The van der Waals surface area contributed by atoms with Crippen LogP contribution in [-0.2, 0) is 6.61 Å². The second-order valence-corrected chi connectivity index (χ2v) is 8.13. The van der Waals surface area contributed by atoms with Crippen LogP contribution in [0, 0.1) is 6.92 Å². The Bertz CT molecular complexity index is 1350. The first-order valence-electron chi connectivity index (χ1n) is 10.1. The molecule has 0 saturated carbocycles. The number of amides is 1. The number of benzene rings is 3. The number of carboxylic acids is 1. The van der Waals surface area contributed by atoms with E-state index in [9.17, 15) is 9.59 Å². The van der Waals surface area contributed by atoms with Gasteiger partial charge in [0.15, 0.2) is 0 Å². The van der Waals surface area contributed by atoms with Crippen molar-refractivity contribution in [1.29, 1.82) is 0 Å². The quantitative estimate of drug-likeness (QED) is 0.303. The molecule has 4 aromatic rings. The van der Waals surface area contributed by atoms with Gasteiger partial charge in [-0.05, 0) is 61.5 Å². The Morgan fingerprint density at radius 1 is 1.00 bits per heavy atom. The molecule has 4 rings (SSSR count). The number of anilines is 1. The van der Waals surface area contributed by atoms with Crippen LogP contribution in [0.5, 0.6) is 5.75 Å². The minimum atomic E-state index is -1.10. The molecule has 0 aliphatic carbocycles. The van der Waals surface area contributed by atoms with Crippen molar-refractivity contribution in [3.8, 4) is 17.0 Å². The third kappa shape index (κ3) is 5.06. The van der Waals surface area contributed by atoms with Gasteiger partial charge in [-0.15, -0.1) is 0 Å². The minimum absolute atomic E-state index is 0.0397. The van der Waals surface area contributed by atoms with Gasteiger partial charge in [0.25, 0.3) is 5.91 Å². The molecule has 1 heterocycles. The van der Waals surface area contributed by atoms with E-state index in [1.54, 1.807) is 55.5 Å². The van der Waals surface area contributed by atoms with Gasteiger partial charge in [0.05, 0.1) is 21.2 Å². The fourth-order valence-electron chi connectivity index (χ4n) is 3.27. The number of carbonyl (C=O) groups is 2. The van der Waals surface area contributed by atoms with Gasteiger partial charge in [-0.1, -0.05) is 40.5 Å². The summed E-state index contributed by atoms with van der Waals surface area (Å²) in [5, 5.41) is 16.8. The maximum atomic E-state index is 12.4. The Hall–Kier alpha value is -3.81. The molecule has 0 unspecified atom stereocenters. The lowest BCUT2D eigenvalue weighted by molar-refractivity contribution is 0.0697. The number of aromatic carboxylic acids is 1. The predicted molar refractivity (Wildman–Crippen MR) is 129 cm³/mol. The molecule has 7 nitrogen and oxygen atoms in total. The Labute approximate surface area is 204 Å². The summed E-state index contributed by atoms with van der Waals surface area (Å²) in [7, 11) is 0. The summed E-state index contributed by atoms with van der Waals surface area (Å²) >= 11 is 12.6. The van der Waals surface area contributed by atoms with E-state index in [0.717, 1.165) is 0 Å². The van der Waals surface area contributed by atoms with Gasteiger partial charge in [0, 0.05) is 16.8 Å². The van der Waals surface area contributed by atoms with Gasteiger partial charge in [-0.25, -0.2) is 4.79 Å². The number of aromatic nitrogens is 1. The third-order valence-electron chi connectivity index (χ3n) is 5.05. The molecule has 34 heavy (non-hydrogen) atoms. The molecular formula is C25H18Cl2N2O5. The number of carbonyl (C=O) groups excluding carboxylic acids is 1. The summed E-state index contributed by atoms with van der Waals surface area (Å²) in [6, 6.07) is 17.8. The number of halogens is 2. The molecule has 1 aromatic heterocycles. The van der Waals surface area contributed by atoms with Gasteiger partial charge in [0.1, 0.15) is 23.8 Å². The zero-order chi connectivity index (χ0) is 24.2. The van der Waals surface area contributed by atoms with Gasteiger partial charge < -0.3 is 19.7 Å². The second-order valence-electron chi connectivity index (χ2n) is 7.32. The molecule has 9 heteroatoms. The molecule has 0 fully saturated rings. The topological polar surface area (TPSA) is 102 Å². The third-order valence-corrected chi connectivity index (χ3v) is 5.68. The molecule has 0 saturated heterocycles. The van der Waals surface area contributed by atoms with Crippen molar-refractivity contribution in [3.05, 3.63) is 99.2 Å². The second kappa shape index (κ2) is 9.99. The zero-order valence-corrected chi connectivity index (χ0v) is 19.4. The minimum Gasteiger partial charge on any atom is -0.489 e. The standard InChI is InChI=1S/C25H18Cl2N2O5/c1-14-19(23(29-34-14)22-20(26)6-3-7-21(22)27)13-33-18-10-8-17(9-11-18)28-24(30)15-4-2-5-16(12-15)25(31)32/h2-12H,13H2,1H3,(H,28,30)(H,31,32). The van der Waals surface area contributed by atoms with Gasteiger partial charge in [-0.3, -0.25) is 4.79 Å². The summed E-state index contributed by atoms with van der Waals surface area (Å²) < 4.78 is 11.2. The van der Waals surface area contributed by atoms with Crippen LogP contribution in [0.15, 0.2) is 71.3 Å². The summed E-state index contributed by atoms with van der Waals surface area (Å²) in [4.78, 5) is 23.6. The van der Waals surface area contributed by atoms with Crippen molar-refractivity contribution in [2.45, 2.75) is 13.5 Å². The first-order chi connectivity index (χ1) is 16.3. The number of hydrogen-bond donors (Lipinski definition) is 2. The van der Waals surface area contributed by atoms with E-state index in [1.165, 1.54) is 18.2 Å². The largest absolute Gasteiger partial charge is 0.489 e. The summed E-state index contributed by atoms with van der Waals surface area (Å²) in [5.74, 6) is -0.376. The van der Waals surface area contributed by atoms with Gasteiger partial charge in [0.2, 0.25) is 0 Å². The Kier molecular flexibility index (Phi) is 6.86. The number of carboxylic acid groups (broad SMARTS) is 1. The number of ether oxygens (including phenoxy) is 1. The number of hydrogen-bond acceptors (Lipinski definition) is 5. The number of rotatable bonds is 7. The lowest BCUT2D eigenvalue weighted by Gasteiger charge is -2.10. The highest BCUT2D eigenvalue weighted by atomic mass is 35.5. The lowest BCUT2D eigenvalue weighted by Crippen LogP contribution is -2.12. The summed E-state index contributed by atoms with van der Waals surface area (Å²) in [6.45, 7) is 1.94. The van der Waals surface area contributed by atoms with Crippen LogP contribution in [-0.4, -0.2) is 22.1 Å². The predicted octanol–water partition coefficient (Wildman–Crippen LogP) is 6.49. The smallest absolute Gasteiger partial charge is 0.335 e. The molecule has 172 valence electrons. The van der Waals surface area contributed by atoms with E-state index in [2.05, 4.69) is 10.5 Å². The molecule has 2 N–H and O–H groups in total. The van der Waals surface area contributed by atoms with Crippen LogP contribution in [0.1, 0.15) is 32.0 Å². The van der Waals surface area contributed by atoms with E-state index in [0.29, 0.717) is 44.1 Å². The monoisotopic (exact) mass is 496 g/mol. The number of nitrogens with one attached hydrogen (secondary N) is 1. The van der Waals surface area contributed by atoms with Crippen molar-refractivity contribution in [2.75, 3.05) is 5.32 Å². The first-order valence-corrected chi connectivity index (χ1v) is 10.9. The van der Waals surface area contributed by atoms with Crippen molar-refractivity contribution < 1.29 is 24.0 Å². The Morgan fingerprint density at radius 2 is 1.65 bits per heavy atom. The van der Waals surface area contributed by atoms with Crippen molar-refractivity contribution >= 4 is 40.8 Å². The first kappa shape index (κ1) is 23.4. The Balaban J connectivity index is 1.45. The lowest BCUT2D eigenvalue weighted by atomic mass is 10.1. The van der Waals surface area contributed by atoms with E-state index < -0.39 is 11.9 Å². The van der Waals surface area contributed by atoms with E-state index in [4.69, 9.17) is 37.6 Å². The fraction of sp³-hybridized carbons (Fsp3) is 0.0800. The summed E-state index contributed by atoms with van der Waals surface area (Å²) in [5.41, 5.74) is 2.62. The van der Waals surface area contributed by atoms with Crippen molar-refractivity contribution in [2.24, 2.45) is 0 Å². The van der Waals surface area contributed by atoms with Crippen LogP contribution < -0.4 is 10.1 Å². The SMILES string of the molecule is Cc1onc(-c2c(Cl)cccc2Cl)c1COc1ccc(NC(=O)c2cccc(C(=O)O)c2)cc1. The molecule has 1 amide bonds. The van der Waals surface area contributed by atoms with Crippen LogP contribution in [0.3, 0.4) is 0 Å². The van der Waals surface area contributed by atoms with Gasteiger partial charge in [-0.2, -0.15) is 0 Å². The van der Waals surface area contributed by atoms with E-state index in [-0.39, 0.29) is 17.7 Å². The summed E-state index contributed by atoms with van der Waals surface area (Å²) in [6.07, 6.45) is 0. The van der Waals surface area contributed by atoms with E-state index >= 15 is 0 Å². The maximum absolute atomic E-state index is 12.4. The molecule has 0 spiro atoms. The van der Waals surface area contributed by atoms with Crippen LogP contribution in [0.25, 0.3) is 11.3 Å². The molecule has 0 bridgehead atoms.